The van der Waals surface area contributed by atoms with E-state index in [1.165, 1.54) is 172 Å². The minimum atomic E-state index is 0. The Bertz CT molecular complexity index is 760. The average Bonchev–Trinajstić information content (AvgIpc) is 2.92. The van der Waals surface area contributed by atoms with Gasteiger partial charge in [-0.1, -0.05) is 96.3 Å². The van der Waals surface area contributed by atoms with Crippen LogP contribution in [0.15, 0.2) is 49.1 Å². The molecule has 2 nitrogen and oxygen atoms in total. The van der Waals surface area contributed by atoms with Crippen molar-refractivity contribution in [3.8, 4) is 0 Å². The lowest BCUT2D eigenvalue weighted by Gasteiger charge is -2.04. The number of halogens is 2. The number of rotatable bonds is 0. The summed E-state index contributed by atoms with van der Waals surface area (Å²) in [4.78, 5) is 0. The molecule has 4 bridgehead atoms. The molecule has 0 amide bonds. The van der Waals surface area contributed by atoms with Gasteiger partial charge in [-0.2, -0.15) is 0 Å². The predicted molar refractivity (Wildman–Crippen MR) is 158 cm³/mol. The summed E-state index contributed by atoms with van der Waals surface area (Å²) in [7, 11) is 0. The van der Waals surface area contributed by atoms with E-state index in [-0.39, 0.29) is 36.4 Å². The van der Waals surface area contributed by atoms with Gasteiger partial charge in [-0.3, -0.25) is 0 Å². The summed E-state index contributed by atoms with van der Waals surface area (Å²) < 4.78 is 4.87. The van der Waals surface area contributed by atoms with E-state index in [2.05, 4.69) is 58.2 Å². The largest absolute Gasteiger partial charge is 1.00 e. The molecule has 2 aromatic heterocycles. The molecule has 0 saturated carbocycles. The van der Waals surface area contributed by atoms with Crippen LogP contribution in [0, 0.1) is 0 Å². The van der Waals surface area contributed by atoms with Crippen molar-refractivity contribution in [3.05, 3.63) is 60.2 Å². The number of nitrogens with zero attached hydrogens (tertiary/aromatic N) is 2. The van der Waals surface area contributed by atoms with Gasteiger partial charge in [0.25, 0.3) is 0 Å². The molecule has 222 valence electrons. The highest BCUT2D eigenvalue weighted by molar-refractivity contribution is 5.05. The summed E-state index contributed by atoms with van der Waals surface area (Å²) >= 11 is 0. The molecule has 1 aliphatic rings. The number of hydrogen-bond donors (Lipinski definition) is 0. The molecule has 0 atom stereocenters. The number of pyridine rings is 2. The Morgan fingerprint density at radius 1 is 0.385 bits per heavy atom. The standard InChI is InChI=1S/C35H58N2.ClH.HI/c1-2-6-10-14-18-24-34-26-22-31-37(32-34)29-21-17-13-9-5-3-7-11-15-19-25-35-27-23-30-36(33-35)28-20-16-12-8-4-1;;/h22-23,26-27,30-33H,1-21,24-25,28-29H2;2*1H/q+2;;/p-2. The normalized spacial score (nSPS) is 18.9. The minimum Gasteiger partial charge on any atom is -1.00 e. The first-order valence-electron chi connectivity index (χ1n) is 16.4. The van der Waals surface area contributed by atoms with Gasteiger partial charge in [0.2, 0.25) is 0 Å². The maximum absolute atomic E-state index is 2.44. The van der Waals surface area contributed by atoms with Gasteiger partial charge in [0.05, 0.1) is 0 Å². The maximum Gasteiger partial charge on any atom is 0.171 e. The highest BCUT2D eigenvalue weighted by Crippen LogP contribution is 2.14. The van der Waals surface area contributed by atoms with Crippen LogP contribution in [0.2, 0.25) is 0 Å². The Labute approximate surface area is 265 Å². The van der Waals surface area contributed by atoms with E-state index in [1.54, 1.807) is 0 Å². The minimum absolute atomic E-state index is 0. The Morgan fingerprint density at radius 3 is 1.00 bits per heavy atom. The van der Waals surface area contributed by atoms with Crippen molar-refractivity contribution in [2.24, 2.45) is 0 Å². The number of fused-ring (bicyclic) bond motifs is 4. The highest BCUT2D eigenvalue weighted by Gasteiger charge is 2.05. The Morgan fingerprint density at radius 2 is 0.667 bits per heavy atom. The molecule has 0 fully saturated rings. The third-order valence-electron chi connectivity index (χ3n) is 8.35. The summed E-state index contributed by atoms with van der Waals surface area (Å²) in [6, 6.07) is 9.18. The lowest BCUT2D eigenvalue weighted by molar-refractivity contribution is -0.697. The number of aryl methyl sites for hydroxylation is 4. The molecule has 3 heterocycles. The summed E-state index contributed by atoms with van der Waals surface area (Å²) in [6.45, 7) is 2.38. The van der Waals surface area contributed by atoms with E-state index in [0.717, 1.165) is 0 Å². The van der Waals surface area contributed by atoms with Crippen LogP contribution in [0.3, 0.4) is 0 Å². The second-order valence-electron chi connectivity index (χ2n) is 11.8. The third kappa shape index (κ3) is 18.4. The quantitative estimate of drug-likeness (QED) is 0.301. The molecule has 0 radical (unpaired) electrons. The number of hydrogen-bond acceptors (Lipinski definition) is 0. The van der Waals surface area contributed by atoms with E-state index in [9.17, 15) is 0 Å². The summed E-state index contributed by atoms with van der Waals surface area (Å²) in [5.41, 5.74) is 3.06. The van der Waals surface area contributed by atoms with Crippen molar-refractivity contribution in [1.29, 1.82) is 0 Å². The molecule has 2 aromatic rings. The zero-order valence-electron chi connectivity index (χ0n) is 24.9. The first-order valence-corrected chi connectivity index (χ1v) is 16.4. The van der Waals surface area contributed by atoms with Crippen LogP contribution in [0.4, 0.5) is 0 Å². The lowest BCUT2D eigenvalue weighted by atomic mass is 10.0. The van der Waals surface area contributed by atoms with Crippen molar-refractivity contribution in [2.45, 2.75) is 161 Å². The van der Waals surface area contributed by atoms with Gasteiger partial charge in [-0.15, -0.1) is 0 Å². The lowest BCUT2D eigenvalue weighted by Crippen LogP contribution is -3.00. The van der Waals surface area contributed by atoms with Gasteiger partial charge in [-0.25, -0.2) is 9.13 Å². The van der Waals surface area contributed by atoms with E-state index < -0.39 is 0 Å². The van der Waals surface area contributed by atoms with Crippen LogP contribution in [0.5, 0.6) is 0 Å². The number of aromatic nitrogens is 2. The maximum atomic E-state index is 2.44. The fourth-order valence-corrected chi connectivity index (χ4v) is 5.98. The summed E-state index contributed by atoms with van der Waals surface area (Å²) in [5.74, 6) is 0. The van der Waals surface area contributed by atoms with Crippen molar-refractivity contribution < 1.29 is 45.5 Å². The van der Waals surface area contributed by atoms with Gasteiger partial charge in [0, 0.05) is 36.1 Å². The first kappa shape index (κ1) is 36.3. The van der Waals surface area contributed by atoms with Crippen LogP contribution in [0.25, 0.3) is 0 Å². The van der Waals surface area contributed by atoms with Crippen LogP contribution >= 0.6 is 0 Å². The summed E-state index contributed by atoms with van der Waals surface area (Å²) in [6.07, 6.45) is 41.3. The second-order valence-corrected chi connectivity index (χ2v) is 11.8. The SMILES string of the molecule is [Cl-].[I-].c1cc2c[n+](c1)CCCCCCCCCCCCCc1ccc[n+](c1)CCCCCCCCCCCC2. The molecule has 1 aliphatic heterocycles. The Hall–Kier alpha value is -0.680. The molecule has 0 unspecified atom stereocenters. The third-order valence-corrected chi connectivity index (χ3v) is 8.35. The smallest absolute Gasteiger partial charge is 0.171 e. The molecule has 4 heteroatoms. The van der Waals surface area contributed by atoms with Crippen molar-refractivity contribution in [2.75, 3.05) is 0 Å². The predicted octanol–water partition coefficient (Wildman–Crippen LogP) is 3.26. The van der Waals surface area contributed by atoms with Crippen molar-refractivity contribution in [3.63, 3.8) is 0 Å². The zero-order valence-corrected chi connectivity index (χ0v) is 27.9. The van der Waals surface area contributed by atoms with Crippen LogP contribution in [-0.2, 0) is 25.9 Å². The average molecular weight is 669 g/mol. The topological polar surface area (TPSA) is 7.76 Å². The summed E-state index contributed by atoms with van der Waals surface area (Å²) in [5, 5.41) is 0. The van der Waals surface area contributed by atoms with Crippen molar-refractivity contribution in [1.82, 2.24) is 0 Å². The molecule has 39 heavy (non-hydrogen) atoms. The van der Waals surface area contributed by atoms with Crippen LogP contribution in [-0.4, -0.2) is 0 Å². The van der Waals surface area contributed by atoms with Crippen molar-refractivity contribution >= 4 is 0 Å². The highest BCUT2D eigenvalue weighted by atomic mass is 127. The molecule has 0 aromatic carbocycles. The molecular weight excluding hydrogens is 611 g/mol. The molecule has 0 N–H and O–H groups in total. The molecule has 0 saturated heterocycles. The van der Waals surface area contributed by atoms with E-state index in [0.29, 0.717) is 0 Å². The monoisotopic (exact) mass is 668 g/mol. The molecule has 3 rings (SSSR count). The molecular formula is C35H58ClIN2. The molecule has 0 aliphatic carbocycles. The molecule has 0 spiro atoms. The van der Waals surface area contributed by atoms with Gasteiger partial charge < -0.3 is 36.4 Å². The van der Waals surface area contributed by atoms with E-state index in [1.807, 2.05) is 0 Å². The Kier molecular flexibility index (Phi) is 23.4. The van der Waals surface area contributed by atoms with E-state index >= 15 is 0 Å². The van der Waals surface area contributed by atoms with Gasteiger partial charge >= 0.3 is 0 Å². The zero-order chi connectivity index (χ0) is 25.6. The van der Waals surface area contributed by atoms with Gasteiger partial charge in [0.15, 0.2) is 24.8 Å². The fourth-order valence-electron chi connectivity index (χ4n) is 5.98. The second kappa shape index (κ2) is 25.1. The Balaban J connectivity index is 0.00000380. The van der Waals surface area contributed by atoms with Gasteiger partial charge in [-0.05, 0) is 50.7 Å². The fraction of sp³-hybridized carbons (Fsp3) is 0.714. The van der Waals surface area contributed by atoms with Crippen LogP contribution < -0.4 is 45.5 Å². The van der Waals surface area contributed by atoms with Gasteiger partial charge in [0.1, 0.15) is 13.1 Å². The first-order chi connectivity index (χ1) is 18.4. The van der Waals surface area contributed by atoms with E-state index in [4.69, 9.17) is 0 Å². The van der Waals surface area contributed by atoms with Crippen LogP contribution in [0.1, 0.15) is 146 Å².